The Hall–Kier alpha value is -3.34. The van der Waals surface area contributed by atoms with E-state index in [-0.39, 0.29) is 18.1 Å². The maximum Gasteiger partial charge on any atom is 0.261 e. The lowest BCUT2D eigenvalue weighted by Gasteiger charge is -2.24. The molecule has 0 saturated heterocycles. The molecule has 31 heavy (non-hydrogen) atoms. The molecule has 0 fully saturated rings. The molecule has 0 N–H and O–H groups in total. The molecule has 1 amide bonds. The highest BCUT2D eigenvalue weighted by Gasteiger charge is 2.32. The van der Waals surface area contributed by atoms with Crippen molar-refractivity contribution in [3.63, 3.8) is 0 Å². The SMILES string of the molecule is Cc1ccccc1CN(Cc1cccnc1)C(=O)COc1cccc2c1OC(C)(C)C2. The number of aromatic nitrogens is 1. The molecule has 4 rings (SSSR count). The third-order valence-corrected chi connectivity index (χ3v) is 5.48. The predicted octanol–water partition coefficient (Wildman–Crippen LogP) is 4.71. The molecule has 1 aliphatic rings. The molecule has 3 aromatic rings. The first-order valence-corrected chi connectivity index (χ1v) is 10.6. The highest BCUT2D eigenvalue weighted by atomic mass is 16.5. The maximum atomic E-state index is 13.2. The molecule has 0 atom stereocenters. The molecule has 0 bridgehead atoms. The van der Waals surface area contributed by atoms with E-state index in [1.54, 1.807) is 12.4 Å². The van der Waals surface area contributed by atoms with Gasteiger partial charge in [-0.1, -0.05) is 42.5 Å². The molecule has 0 spiro atoms. The lowest BCUT2D eigenvalue weighted by molar-refractivity contribution is -0.134. The topological polar surface area (TPSA) is 51.7 Å². The second kappa shape index (κ2) is 8.80. The zero-order chi connectivity index (χ0) is 21.8. The van der Waals surface area contributed by atoms with Gasteiger partial charge in [0.2, 0.25) is 0 Å². The van der Waals surface area contributed by atoms with Crippen molar-refractivity contribution in [2.75, 3.05) is 6.61 Å². The van der Waals surface area contributed by atoms with Crippen molar-refractivity contribution in [2.24, 2.45) is 0 Å². The Labute approximate surface area is 183 Å². The molecule has 160 valence electrons. The van der Waals surface area contributed by atoms with Crippen LogP contribution in [-0.4, -0.2) is 28.0 Å². The van der Waals surface area contributed by atoms with Gasteiger partial charge in [0, 0.05) is 37.5 Å². The summed E-state index contributed by atoms with van der Waals surface area (Å²) in [4.78, 5) is 19.2. The number of benzene rings is 2. The van der Waals surface area contributed by atoms with Gasteiger partial charge in [-0.2, -0.15) is 0 Å². The number of pyridine rings is 1. The quantitative estimate of drug-likeness (QED) is 0.560. The van der Waals surface area contributed by atoms with E-state index in [4.69, 9.17) is 9.47 Å². The summed E-state index contributed by atoms with van der Waals surface area (Å²) in [5.74, 6) is 1.29. The van der Waals surface area contributed by atoms with Gasteiger partial charge in [0.05, 0.1) is 0 Å². The predicted molar refractivity (Wildman–Crippen MR) is 120 cm³/mol. The van der Waals surface area contributed by atoms with Crippen molar-refractivity contribution in [1.29, 1.82) is 0 Å². The highest BCUT2D eigenvalue weighted by Crippen LogP contribution is 2.41. The summed E-state index contributed by atoms with van der Waals surface area (Å²) in [5, 5.41) is 0. The van der Waals surface area contributed by atoms with Crippen LogP contribution in [0.2, 0.25) is 0 Å². The van der Waals surface area contributed by atoms with E-state index < -0.39 is 0 Å². The second-order valence-corrected chi connectivity index (χ2v) is 8.61. The minimum atomic E-state index is -0.261. The molecule has 0 saturated carbocycles. The van der Waals surface area contributed by atoms with Gasteiger partial charge in [0.1, 0.15) is 5.60 Å². The Morgan fingerprint density at radius 3 is 2.71 bits per heavy atom. The first-order valence-electron chi connectivity index (χ1n) is 10.6. The fourth-order valence-electron chi connectivity index (χ4n) is 3.87. The van der Waals surface area contributed by atoms with Crippen molar-refractivity contribution in [3.8, 4) is 11.5 Å². The molecule has 1 aliphatic heterocycles. The maximum absolute atomic E-state index is 13.2. The summed E-state index contributed by atoms with van der Waals surface area (Å²) in [6, 6.07) is 17.8. The third-order valence-electron chi connectivity index (χ3n) is 5.48. The van der Waals surface area contributed by atoms with Crippen LogP contribution in [0.15, 0.2) is 67.0 Å². The Bertz CT molecular complexity index is 1060. The van der Waals surface area contributed by atoms with E-state index in [2.05, 4.69) is 37.9 Å². The molecule has 0 unspecified atom stereocenters. The van der Waals surface area contributed by atoms with Crippen molar-refractivity contribution in [1.82, 2.24) is 9.88 Å². The van der Waals surface area contributed by atoms with Crippen LogP contribution >= 0.6 is 0 Å². The van der Waals surface area contributed by atoms with Gasteiger partial charge in [0.25, 0.3) is 5.91 Å². The molecular weight excluding hydrogens is 388 g/mol. The summed E-state index contributed by atoms with van der Waals surface area (Å²) in [5.41, 5.74) is 4.11. The summed E-state index contributed by atoms with van der Waals surface area (Å²) in [6.07, 6.45) is 4.35. The number of para-hydroxylation sites is 1. The van der Waals surface area contributed by atoms with Crippen molar-refractivity contribution in [2.45, 2.75) is 45.9 Å². The summed E-state index contributed by atoms with van der Waals surface area (Å²) >= 11 is 0. The molecule has 2 aromatic carbocycles. The number of nitrogens with zero attached hydrogens (tertiary/aromatic N) is 2. The van der Waals surface area contributed by atoms with Gasteiger partial charge >= 0.3 is 0 Å². The van der Waals surface area contributed by atoms with E-state index in [1.807, 2.05) is 47.4 Å². The largest absolute Gasteiger partial charge is 0.483 e. The standard InChI is InChI=1S/C26H28N2O3/c1-19-8-4-5-10-22(19)17-28(16-20-9-7-13-27-15-20)24(29)18-30-23-12-6-11-21-14-26(2,3)31-25(21)23/h4-13,15H,14,16-18H2,1-3H3. The molecule has 5 heteroatoms. The highest BCUT2D eigenvalue weighted by molar-refractivity contribution is 5.78. The zero-order valence-electron chi connectivity index (χ0n) is 18.3. The lowest BCUT2D eigenvalue weighted by Crippen LogP contribution is -2.34. The van der Waals surface area contributed by atoms with E-state index in [1.165, 1.54) is 0 Å². The lowest BCUT2D eigenvalue weighted by atomic mass is 10.0. The number of amides is 1. The van der Waals surface area contributed by atoms with Crippen LogP contribution in [0.4, 0.5) is 0 Å². The third kappa shape index (κ3) is 5.05. The summed E-state index contributed by atoms with van der Waals surface area (Å²) < 4.78 is 12.0. The smallest absolute Gasteiger partial charge is 0.261 e. The van der Waals surface area contributed by atoms with E-state index >= 15 is 0 Å². The minimum absolute atomic E-state index is 0.0492. The van der Waals surface area contributed by atoms with Crippen LogP contribution in [0.3, 0.4) is 0 Å². The monoisotopic (exact) mass is 416 g/mol. The summed E-state index contributed by atoms with van der Waals surface area (Å²) in [6.45, 7) is 7.11. The Balaban J connectivity index is 1.50. The number of rotatable bonds is 7. The molecule has 0 aliphatic carbocycles. The van der Waals surface area contributed by atoms with Gasteiger partial charge in [-0.25, -0.2) is 0 Å². The number of hydrogen-bond donors (Lipinski definition) is 0. The number of hydrogen-bond acceptors (Lipinski definition) is 4. The molecule has 5 nitrogen and oxygen atoms in total. The van der Waals surface area contributed by atoms with Gasteiger partial charge < -0.3 is 14.4 Å². The molecule has 2 heterocycles. The van der Waals surface area contributed by atoms with Gasteiger partial charge in [0.15, 0.2) is 18.1 Å². The minimum Gasteiger partial charge on any atom is -0.483 e. The van der Waals surface area contributed by atoms with E-state index in [0.29, 0.717) is 18.8 Å². The fraction of sp³-hybridized carbons (Fsp3) is 0.308. The van der Waals surface area contributed by atoms with Crippen LogP contribution in [0.5, 0.6) is 11.5 Å². The Morgan fingerprint density at radius 2 is 1.94 bits per heavy atom. The number of aryl methyl sites for hydroxylation is 1. The van der Waals surface area contributed by atoms with Gasteiger partial charge in [-0.05, 0) is 49.6 Å². The number of carbonyl (C=O) groups excluding carboxylic acids is 1. The van der Waals surface area contributed by atoms with Crippen molar-refractivity contribution < 1.29 is 14.3 Å². The average Bonchev–Trinajstić information content (AvgIpc) is 3.08. The van der Waals surface area contributed by atoms with E-state index in [9.17, 15) is 4.79 Å². The molecule has 0 radical (unpaired) electrons. The molecular formula is C26H28N2O3. The average molecular weight is 417 g/mol. The summed E-state index contributed by atoms with van der Waals surface area (Å²) in [7, 11) is 0. The van der Waals surface area contributed by atoms with Crippen molar-refractivity contribution in [3.05, 3.63) is 89.2 Å². The van der Waals surface area contributed by atoms with Gasteiger partial charge in [-0.15, -0.1) is 0 Å². The van der Waals surface area contributed by atoms with Crippen LogP contribution in [0.1, 0.15) is 36.1 Å². The Kier molecular flexibility index (Phi) is 5.94. The molecule has 1 aromatic heterocycles. The van der Waals surface area contributed by atoms with E-state index in [0.717, 1.165) is 34.4 Å². The normalized spacial score (nSPS) is 13.9. The van der Waals surface area contributed by atoms with Crippen molar-refractivity contribution >= 4 is 5.91 Å². The first kappa shape index (κ1) is 20.9. The van der Waals surface area contributed by atoms with Crippen LogP contribution in [0.25, 0.3) is 0 Å². The number of fused-ring (bicyclic) bond motifs is 1. The van der Waals surface area contributed by atoms with Crippen LogP contribution in [-0.2, 0) is 24.3 Å². The fourth-order valence-corrected chi connectivity index (χ4v) is 3.87. The van der Waals surface area contributed by atoms with Crippen LogP contribution < -0.4 is 9.47 Å². The number of ether oxygens (including phenoxy) is 2. The van der Waals surface area contributed by atoms with Crippen LogP contribution in [0, 0.1) is 6.92 Å². The second-order valence-electron chi connectivity index (χ2n) is 8.61. The Morgan fingerprint density at radius 1 is 1.10 bits per heavy atom. The number of carbonyl (C=O) groups is 1. The first-order chi connectivity index (χ1) is 14.9. The zero-order valence-corrected chi connectivity index (χ0v) is 18.3. The van der Waals surface area contributed by atoms with Gasteiger partial charge in [-0.3, -0.25) is 9.78 Å².